The van der Waals surface area contributed by atoms with E-state index in [9.17, 15) is 4.79 Å². The molecule has 2 nitrogen and oxygen atoms in total. The molecule has 78 valence electrons. The molecule has 2 heteroatoms. The molecule has 0 radical (unpaired) electrons. The average molecular weight is 193 g/mol. The highest BCUT2D eigenvalue weighted by Crippen LogP contribution is 2.47. The van der Waals surface area contributed by atoms with Crippen LogP contribution in [0.3, 0.4) is 0 Å². The van der Waals surface area contributed by atoms with Gasteiger partial charge in [-0.05, 0) is 56.8 Å². The fourth-order valence-electron chi connectivity index (χ4n) is 3.76. The van der Waals surface area contributed by atoms with Gasteiger partial charge in [-0.3, -0.25) is 0 Å². The van der Waals surface area contributed by atoms with E-state index in [1.54, 1.807) is 6.08 Å². The van der Waals surface area contributed by atoms with Crippen LogP contribution in [0.25, 0.3) is 0 Å². The summed E-state index contributed by atoms with van der Waals surface area (Å²) in [6, 6.07) is 0. The minimum atomic E-state index is -0.0878. The Labute approximate surface area is 85.8 Å². The lowest BCUT2D eigenvalue weighted by atomic mass is 9.63. The SMILES string of the molecule is CC1CC2CC(C1)CC(C)(N=C=O)C2. The van der Waals surface area contributed by atoms with Crippen LogP contribution in [0.15, 0.2) is 4.99 Å². The number of rotatable bonds is 1. The van der Waals surface area contributed by atoms with Crippen molar-refractivity contribution in [3.8, 4) is 0 Å². The number of isocyanates is 1. The van der Waals surface area contributed by atoms with Crippen LogP contribution in [0.5, 0.6) is 0 Å². The maximum absolute atomic E-state index is 10.4. The monoisotopic (exact) mass is 193 g/mol. The van der Waals surface area contributed by atoms with Gasteiger partial charge >= 0.3 is 0 Å². The maximum Gasteiger partial charge on any atom is 0.235 e. The quantitative estimate of drug-likeness (QED) is 0.465. The summed E-state index contributed by atoms with van der Waals surface area (Å²) in [4.78, 5) is 14.4. The smallest absolute Gasteiger partial charge is 0.211 e. The fraction of sp³-hybridized carbons (Fsp3) is 0.917. The molecule has 2 saturated carbocycles. The zero-order valence-electron chi connectivity index (χ0n) is 9.12. The van der Waals surface area contributed by atoms with Crippen LogP contribution >= 0.6 is 0 Å². The van der Waals surface area contributed by atoms with E-state index in [1.165, 1.54) is 19.3 Å². The molecule has 0 aromatic rings. The number of aliphatic imine (C=N–C) groups is 1. The van der Waals surface area contributed by atoms with Crippen molar-refractivity contribution >= 4 is 6.08 Å². The van der Waals surface area contributed by atoms with Gasteiger partial charge in [-0.25, -0.2) is 4.79 Å². The predicted molar refractivity (Wildman–Crippen MR) is 55.8 cm³/mol. The summed E-state index contributed by atoms with van der Waals surface area (Å²) in [7, 11) is 0. The Bertz CT molecular complexity index is 249. The van der Waals surface area contributed by atoms with Crippen LogP contribution in [0.1, 0.15) is 46.0 Å². The van der Waals surface area contributed by atoms with E-state index >= 15 is 0 Å². The largest absolute Gasteiger partial charge is 0.235 e. The Morgan fingerprint density at radius 2 is 1.79 bits per heavy atom. The van der Waals surface area contributed by atoms with E-state index in [-0.39, 0.29) is 5.54 Å². The van der Waals surface area contributed by atoms with Crippen molar-refractivity contribution in [2.24, 2.45) is 22.7 Å². The van der Waals surface area contributed by atoms with Gasteiger partial charge in [0.2, 0.25) is 6.08 Å². The van der Waals surface area contributed by atoms with Gasteiger partial charge in [0, 0.05) is 0 Å². The van der Waals surface area contributed by atoms with E-state index in [0.717, 1.165) is 30.6 Å². The van der Waals surface area contributed by atoms with Crippen LogP contribution in [0.2, 0.25) is 0 Å². The molecule has 2 fully saturated rings. The second kappa shape index (κ2) is 3.51. The molecule has 0 amide bonds. The Hall–Kier alpha value is -0.620. The van der Waals surface area contributed by atoms with E-state index in [1.807, 2.05) is 0 Å². The Morgan fingerprint density at radius 1 is 1.21 bits per heavy atom. The molecular formula is C12H19NO. The second-order valence-electron chi connectivity index (χ2n) is 5.65. The topological polar surface area (TPSA) is 29.4 Å². The first-order valence-electron chi connectivity index (χ1n) is 5.70. The van der Waals surface area contributed by atoms with Crippen molar-refractivity contribution < 1.29 is 4.79 Å². The highest BCUT2D eigenvalue weighted by molar-refractivity contribution is 5.35. The number of carbonyl (C=O) groups excluding carboxylic acids is 1. The molecule has 0 heterocycles. The lowest BCUT2D eigenvalue weighted by molar-refractivity contribution is 0.0946. The molecule has 14 heavy (non-hydrogen) atoms. The van der Waals surface area contributed by atoms with Gasteiger partial charge in [-0.2, -0.15) is 4.99 Å². The number of fused-ring (bicyclic) bond motifs is 2. The molecule has 0 aromatic carbocycles. The van der Waals surface area contributed by atoms with Crippen molar-refractivity contribution in [3.63, 3.8) is 0 Å². The predicted octanol–water partition coefficient (Wildman–Crippen LogP) is 2.93. The van der Waals surface area contributed by atoms with Crippen LogP contribution in [0, 0.1) is 17.8 Å². The van der Waals surface area contributed by atoms with Gasteiger partial charge in [0.05, 0.1) is 5.54 Å². The highest BCUT2D eigenvalue weighted by atomic mass is 16.1. The fourth-order valence-corrected chi connectivity index (χ4v) is 3.76. The molecule has 2 unspecified atom stereocenters. The molecule has 0 aliphatic heterocycles. The molecule has 2 rings (SSSR count). The third-order valence-corrected chi connectivity index (χ3v) is 3.91. The van der Waals surface area contributed by atoms with E-state index in [0.29, 0.717) is 0 Å². The van der Waals surface area contributed by atoms with Crippen LogP contribution in [-0.4, -0.2) is 11.6 Å². The van der Waals surface area contributed by atoms with E-state index in [2.05, 4.69) is 18.8 Å². The minimum absolute atomic E-state index is 0.0878. The highest BCUT2D eigenvalue weighted by Gasteiger charge is 2.40. The second-order valence-corrected chi connectivity index (χ2v) is 5.65. The summed E-state index contributed by atoms with van der Waals surface area (Å²) in [5.41, 5.74) is -0.0878. The van der Waals surface area contributed by atoms with Crippen molar-refractivity contribution in [3.05, 3.63) is 0 Å². The summed E-state index contributed by atoms with van der Waals surface area (Å²) >= 11 is 0. The third kappa shape index (κ3) is 1.90. The standard InChI is InChI=1S/C12H19NO/c1-9-3-10-5-11(4-9)7-12(2,6-10)13-8-14/h9-11H,3-7H2,1-2H3. The molecular weight excluding hydrogens is 174 g/mol. The van der Waals surface area contributed by atoms with Crippen molar-refractivity contribution in [1.29, 1.82) is 0 Å². The average Bonchev–Trinajstić information content (AvgIpc) is 1.99. The summed E-state index contributed by atoms with van der Waals surface area (Å²) in [5, 5.41) is 0. The molecule has 0 aromatic heterocycles. The summed E-state index contributed by atoms with van der Waals surface area (Å²) in [5.74, 6) is 2.49. The van der Waals surface area contributed by atoms with Gasteiger partial charge in [-0.15, -0.1) is 0 Å². The van der Waals surface area contributed by atoms with Gasteiger partial charge in [-0.1, -0.05) is 6.92 Å². The Kier molecular flexibility index (Phi) is 2.48. The lowest BCUT2D eigenvalue weighted by Gasteiger charge is -2.44. The van der Waals surface area contributed by atoms with Gasteiger partial charge in [0.1, 0.15) is 0 Å². The summed E-state index contributed by atoms with van der Waals surface area (Å²) in [6.45, 7) is 4.47. The van der Waals surface area contributed by atoms with Crippen molar-refractivity contribution in [1.82, 2.24) is 0 Å². The number of hydrogen-bond acceptors (Lipinski definition) is 2. The minimum Gasteiger partial charge on any atom is -0.211 e. The van der Waals surface area contributed by atoms with Crippen molar-refractivity contribution in [2.45, 2.75) is 51.5 Å². The van der Waals surface area contributed by atoms with Crippen LogP contribution in [0.4, 0.5) is 0 Å². The van der Waals surface area contributed by atoms with E-state index in [4.69, 9.17) is 0 Å². The maximum atomic E-state index is 10.4. The molecule has 0 N–H and O–H groups in total. The lowest BCUT2D eigenvalue weighted by Crippen LogP contribution is -2.39. The van der Waals surface area contributed by atoms with Gasteiger partial charge in [0.25, 0.3) is 0 Å². The molecule has 0 spiro atoms. The zero-order chi connectivity index (χ0) is 10.2. The Morgan fingerprint density at radius 3 is 2.29 bits per heavy atom. The molecule has 2 aliphatic rings. The first-order valence-corrected chi connectivity index (χ1v) is 5.70. The normalized spacial score (nSPS) is 46.9. The molecule has 2 bridgehead atoms. The molecule has 0 saturated heterocycles. The van der Waals surface area contributed by atoms with E-state index < -0.39 is 0 Å². The van der Waals surface area contributed by atoms with Gasteiger partial charge in [0.15, 0.2) is 0 Å². The third-order valence-electron chi connectivity index (χ3n) is 3.91. The van der Waals surface area contributed by atoms with Crippen LogP contribution in [-0.2, 0) is 4.79 Å². The first kappa shape index (κ1) is 9.92. The summed E-state index contributed by atoms with van der Waals surface area (Å²) < 4.78 is 0. The summed E-state index contributed by atoms with van der Waals surface area (Å²) in [6.07, 6.45) is 7.99. The number of hydrogen-bond donors (Lipinski definition) is 0. The van der Waals surface area contributed by atoms with Crippen LogP contribution < -0.4 is 0 Å². The van der Waals surface area contributed by atoms with Gasteiger partial charge < -0.3 is 0 Å². The number of nitrogens with zero attached hydrogens (tertiary/aromatic N) is 1. The molecule has 2 atom stereocenters. The van der Waals surface area contributed by atoms with Crippen molar-refractivity contribution in [2.75, 3.05) is 0 Å². The zero-order valence-corrected chi connectivity index (χ0v) is 9.12. The molecule has 2 aliphatic carbocycles. The Balaban J connectivity index is 2.12. The first-order chi connectivity index (χ1) is 6.61.